The van der Waals surface area contributed by atoms with E-state index in [0.29, 0.717) is 12.6 Å². The summed E-state index contributed by atoms with van der Waals surface area (Å²) < 4.78 is 2.06. The Morgan fingerprint density at radius 3 is 2.53 bits per heavy atom. The van der Waals surface area contributed by atoms with Crippen LogP contribution in [0.2, 0.25) is 0 Å². The van der Waals surface area contributed by atoms with Crippen LogP contribution in [0.3, 0.4) is 0 Å². The molecular weight excluding hydrogens is 210 g/mol. The van der Waals surface area contributed by atoms with Crippen molar-refractivity contribution in [3.8, 4) is 11.3 Å². The summed E-state index contributed by atoms with van der Waals surface area (Å²) in [6.45, 7) is 4.94. The van der Waals surface area contributed by atoms with E-state index in [9.17, 15) is 0 Å². The standard InChI is InChI=1S/C14H19N3/c1-11(2)17-13(8-9-15)10-14(16-17)12-6-4-3-5-7-12/h3-7,10-11H,8-9,15H2,1-2H3. The van der Waals surface area contributed by atoms with Gasteiger partial charge < -0.3 is 5.73 Å². The molecule has 2 aromatic rings. The van der Waals surface area contributed by atoms with E-state index in [1.54, 1.807) is 0 Å². The summed E-state index contributed by atoms with van der Waals surface area (Å²) in [5.74, 6) is 0. The molecule has 0 radical (unpaired) electrons. The highest BCUT2D eigenvalue weighted by molar-refractivity contribution is 5.59. The van der Waals surface area contributed by atoms with Crippen molar-refractivity contribution in [2.45, 2.75) is 26.3 Å². The zero-order valence-corrected chi connectivity index (χ0v) is 10.4. The number of benzene rings is 1. The monoisotopic (exact) mass is 229 g/mol. The van der Waals surface area contributed by atoms with E-state index < -0.39 is 0 Å². The Morgan fingerprint density at radius 2 is 1.94 bits per heavy atom. The van der Waals surface area contributed by atoms with Gasteiger partial charge in [-0.1, -0.05) is 30.3 Å². The highest BCUT2D eigenvalue weighted by Crippen LogP contribution is 2.21. The number of hydrogen-bond acceptors (Lipinski definition) is 2. The molecule has 1 aromatic heterocycles. The van der Waals surface area contributed by atoms with Gasteiger partial charge >= 0.3 is 0 Å². The largest absolute Gasteiger partial charge is 0.330 e. The second-order valence-corrected chi connectivity index (χ2v) is 4.46. The summed E-state index contributed by atoms with van der Waals surface area (Å²) in [5.41, 5.74) is 9.03. The van der Waals surface area contributed by atoms with Crippen molar-refractivity contribution in [2.24, 2.45) is 5.73 Å². The minimum Gasteiger partial charge on any atom is -0.330 e. The van der Waals surface area contributed by atoms with Crippen LogP contribution >= 0.6 is 0 Å². The molecule has 3 heteroatoms. The lowest BCUT2D eigenvalue weighted by Gasteiger charge is -2.09. The Labute approximate surface area is 102 Å². The van der Waals surface area contributed by atoms with Crippen LogP contribution in [0.4, 0.5) is 0 Å². The first kappa shape index (κ1) is 11.9. The van der Waals surface area contributed by atoms with Crippen molar-refractivity contribution in [1.82, 2.24) is 9.78 Å². The summed E-state index contributed by atoms with van der Waals surface area (Å²) in [6, 6.07) is 12.8. The average Bonchev–Trinajstić information content (AvgIpc) is 2.75. The fourth-order valence-corrected chi connectivity index (χ4v) is 1.96. The van der Waals surface area contributed by atoms with Gasteiger partial charge in [0.2, 0.25) is 0 Å². The smallest absolute Gasteiger partial charge is 0.0926 e. The molecule has 0 unspecified atom stereocenters. The summed E-state index contributed by atoms with van der Waals surface area (Å²) >= 11 is 0. The zero-order chi connectivity index (χ0) is 12.3. The first-order valence-electron chi connectivity index (χ1n) is 6.06. The fourth-order valence-electron chi connectivity index (χ4n) is 1.96. The summed E-state index contributed by atoms with van der Waals surface area (Å²) in [4.78, 5) is 0. The molecule has 0 bridgehead atoms. The first-order chi connectivity index (χ1) is 8.22. The first-order valence-corrected chi connectivity index (χ1v) is 6.06. The maximum Gasteiger partial charge on any atom is 0.0926 e. The molecule has 17 heavy (non-hydrogen) atoms. The van der Waals surface area contributed by atoms with Crippen LogP contribution in [0, 0.1) is 0 Å². The van der Waals surface area contributed by atoms with Gasteiger partial charge in [0, 0.05) is 23.7 Å². The molecule has 0 fully saturated rings. The second kappa shape index (κ2) is 5.15. The summed E-state index contributed by atoms with van der Waals surface area (Å²) in [6.07, 6.45) is 0.873. The summed E-state index contributed by atoms with van der Waals surface area (Å²) in [7, 11) is 0. The Kier molecular flexibility index (Phi) is 3.59. The van der Waals surface area contributed by atoms with E-state index in [1.165, 1.54) is 5.69 Å². The predicted molar refractivity (Wildman–Crippen MR) is 70.8 cm³/mol. The fraction of sp³-hybridized carbons (Fsp3) is 0.357. The van der Waals surface area contributed by atoms with Gasteiger partial charge in [-0.3, -0.25) is 4.68 Å². The third-order valence-electron chi connectivity index (χ3n) is 2.77. The Hall–Kier alpha value is -1.61. The number of rotatable bonds is 4. The molecule has 2 N–H and O–H groups in total. The van der Waals surface area contributed by atoms with Crippen molar-refractivity contribution >= 4 is 0 Å². The molecule has 0 atom stereocenters. The molecule has 3 nitrogen and oxygen atoms in total. The number of nitrogens with two attached hydrogens (primary N) is 1. The molecule has 0 aliphatic rings. The lowest BCUT2D eigenvalue weighted by molar-refractivity contribution is 0.510. The van der Waals surface area contributed by atoms with E-state index in [1.807, 2.05) is 18.2 Å². The lowest BCUT2D eigenvalue weighted by Crippen LogP contribution is -2.11. The van der Waals surface area contributed by atoms with Crippen LogP contribution in [0.1, 0.15) is 25.6 Å². The van der Waals surface area contributed by atoms with Crippen molar-refractivity contribution in [3.63, 3.8) is 0 Å². The van der Waals surface area contributed by atoms with Gasteiger partial charge in [0.05, 0.1) is 5.69 Å². The Balaban J connectivity index is 2.40. The minimum atomic E-state index is 0.369. The predicted octanol–water partition coefficient (Wildman–Crippen LogP) is 2.63. The van der Waals surface area contributed by atoms with Crippen LogP contribution in [0.25, 0.3) is 11.3 Å². The molecule has 1 aromatic carbocycles. The van der Waals surface area contributed by atoms with E-state index in [-0.39, 0.29) is 0 Å². The van der Waals surface area contributed by atoms with Crippen molar-refractivity contribution in [3.05, 3.63) is 42.1 Å². The van der Waals surface area contributed by atoms with E-state index >= 15 is 0 Å². The van der Waals surface area contributed by atoms with E-state index in [4.69, 9.17) is 5.73 Å². The van der Waals surface area contributed by atoms with Gasteiger partial charge in [-0.2, -0.15) is 5.10 Å². The molecule has 90 valence electrons. The minimum absolute atomic E-state index is 0.369. The molecule has 2 rings (SSSR count). The van der Waals surface area contributed by atoms with Crippen LogP contribution in [0.15, 0.2) is 36.4 Å². The van der Waals surface area contributed by atoms with Gasteiger partial charge in [-0.15, -0.1) is 0 Å². The molecule has 1 heterocycles. The number of hydrogen-bond donors (Lipinski definition) is 1. The molecular formula is C14H19N3. The van der Waals surface area contributed by atoms with Crippen LogP contribution in [-0.4, -0.2) is 16.3 Å². The highest BCUT2D eigenvalue weighted by Gasteiger charge is 2.10. The maximum absolute atomic E-state index is 5.64. The van der Waals surface area contributed by atoms with Gasteiger partial charge in [0.25, 0.3) is 0 Å². The normalized spacial score (nSPS) is 11.1. The third kappa shape index (κ3) is 2.56. The van der Waals surface area contributed by atoms with Crippen molar-refractivity contribution in [2.75, 3.05) is 6.54 Å². The van der Waals surface area contributed by atoms with Crippen molar-refractivity contribution < 1.29 is 0 Å². The second-order valence-electron chi connectivity index (χ2n) is 4.46. The zero-order valence-electron chi connectivity index (χ0n) is 10.4. The molecule has 0 aliphatic heterocycles. The van der Waals surface area contributed by atoms with E-state index in [2.05, 4.69) is 41.8 Å². The lowest BCUT2D eigenvalue weighted by atomic mass is 10.1. The van der Waals surface area contributed by atoms with E-state index in [0.717, 1.165) is 17.7 Å². The average molecular weight is 229 g/mol. The van der Waals surface area contributed by atoms with Gasteiger partial charge in [-0.05, 0) is 26.5 Å². The highest BCUT2D eigenvalue weighted by atomic mass is 15.3. The maximum atomic E-state index is 5.64. The Bertz CT molecular complexity index is 471. The van der Waals surface area contributed by atoms with Crippen LogP contribution in [0.5, 0.6) is 0 Å². The molecule has 0 aliphatic carbocycles. The summed E-state index contributed by atoms with van der Waals surface area (Å²) in [5, 5.41) is 4.66. The van der Waals surface area contributed by atoms with Crippen LogP contribution in [-0.2, 0) is 6.42 Å². The molecule has 0 amide bonds. The van der Waals surface area contributed by atoms with Gasteiger partial charge in [0.1, 0.15) is 0 Å². The Morgan fingerprint density at radius 1 is 1.24 bits per heavy atom. The van der Waals surface area contributed by atoms with Crippen molar-refractivity contribution in [1.29, 1.82) is 0 Å². The van der Waals surface area contributed by atoms with Gasteiger partial charge in [-0.25, -0.2) is 0 Å². The quantitative estimate of drug-likeness (QED) is 0.875. The molecule has 0 saturated carbocycles. The van der Waals surface area contributed by atoms with Gasteiger partial charge in [0.15, 0.2) is 0 Å². The number of aromatic nitrogens is 2. The SMILES string of the molecule is CC(C)n1nc(-c2ccccc2)cc1CCN. The topological polar surface area (TPSA) is 43.8 Å². The molecule has 0 saturated heterocycles. The third-order valence-corrected chi connectivity index (χ3v) is 2.77. The van der Waals surface area contributed by atoms with Crippen LogP contribution < -0.4 is 5.73 Å². The number of nitrogens with zero attached hydrogens (tertiary/aromatic N) is 2. The molecule has 0 spiro atoms.